The first-order valence-electron chi connectivity index (χ1n) is 12.1. The average Bonchev–Trinajstić information content (AvgIpc) is 2.77. The molecule has 35 heavy (non-hydrogen) atoms. The zero-order valence-corrected chi connectivity index (χ0v) is 22.2. The third-order valence-electron chi connectivity index (χ3n) is 5.96. The van der Waals surface area contributed by atoms with Crippen LogP contribution in [0.25, 0.3) is 17.2 Å². The normalized spacial score (nSPS) is 11.6. The van der Waals surface area contributed by atoms with Gasteiger partial charge in [0.25, 0.3) is 0 Å². The van der Waals surface area contributed by atoms with Gasteiger partial charge in [-0.25, -0.2) is 0 Å². The lowest BCUT2D eigenvalue weighted by Gasteiger charge is -2.16. The third-order valence-corrected chi connectivity index (χ3v) is 5.96. The zero-order valence-electron chi connectivity index (χ0n) is 22.2. The van der Waals surface area contributed by atoms with Gasteiger partial charge in [0.15, 0.2) is 5.78 Å². The maximum absolute atomic E-state index is 13.2. The van der Waals surface area contributed by atoms with E-state index in [1.54, 1.807) is 6.08 Å². The largest absolute Gasteiger partial charge is 0.492 e. The summed E-state index contributed by atoms with van der Waals surface area (Å²) in [5, 5.41) is 0. The Hall–Kier alpha value is -3.21. The van der Waals surface area contributed by atoms with Crippen molar-refractivity contribution < 1.29 is 9.53 Å². The number of aryl methyl sites for hydroxylation is 3. The molecule has 0 spiro atoms. The SMILES string of the molecule is Cc1cc(C)c(-c2ccc(OCCN(C)C)c(C=CC(=O)c3ccccc3CN(C)C)c2)c(C)c1. The molecular weight excluding hydrogens is 432 g/mol. The van der Waals surface area contributed by atoms with Crippen molar-refractivity contribution in [3.05, 3.63) is 94.1 Å². The van der Waals surface area contributed by atoms with Crippen molar-refractivity contribution in [3.8, 4) is 16.9 Å². The molecule has 3 aromatic rings. The lowest BCUT2D eigenvalue weighted by molar-refractivity contribution is 0.104. The number of nitrogens with zero attached hydrogens (tertiary/aromatic N) is 2. The molecule has 0 saturated heterocycles. The van der Waals surface area contributed by atoms with Crippen molar-refractivity contribution in [1.82, 2.24) is 9.80 Å². The molecule has 4 nitrogen and oxygen atoms in total. The van der Waals surface area contributed by atoms with Gasteiger partial charge in [0.05, 0.1) is 0 Å². The summed E-state index contributed by atoms with van der Waals surface area (Å²) in [6, 6.07) is 18.5. The Morgan fingerprint density at radius 2 is 1.57 bits per heavy atom. The van der Waals surface area contributed by atoms with E-state index in [2.05, 4.69) is 54.8 Å². The second-order valence-electron chi connectivity index (χ2n) is 9.77. The van der Waals surface area contributed by atoms with Gasteiger partial charge >= 0.3 is 0 Å². The second kappa shape index (κ2) is 12.0. The van der Waals surface area contributed by atoms with Crippen molar-refractivity contribution in [3.63, 3.8) is 0 Å². The van der Waals surface area contributed by atoms with Crippen molar-refractivity contribution in [2.24, 2.45) is 0 Å². The van der Waals surface area contributed by atoms with Crippen LogP contribution in [0, 0.1) is 20.8 Å². The fourth-order valence-electron chi connectivity index (χ4n) is 4.43. The molecule has 0 bridgehead atoms. The summed E-state index contributed by atoms with van der Waals surface area (Å²) in [6.45, 7) is 8.54. The second-order valence-corrected chi connectivity index (χ2v) is 9.77. The number of hydrogen-bond donors (Lipinski definition) is 0. The Kier molecular flexibility index (Phi) is 9.02. The summed E-state index contributed by atoms with van der Waals surface area (Å²) in [5.41, 5.74) is 8.75. The summed E-state index contributed by atoms with van der Waals surface area (Å²) in [4.78, 5) is 17.3. The van der Waals surface area contributed by atoms with Gasteiger partial charge in [-0.1, -0.05) is 48.0 Å². The van der Waals surface area contributed by atoms with Crippen molar-refractivity contribution in [2.45, 2.75) is 27.3 Å². The molecule has 0 N–H and O–H groups in total. The number of allylic oxidation sites excluding steroid dienone is 1. The molecule has 0 aliphatic rings. The minimum Gasteiger partial charge on any atom is -0.492 e. The molecule has 3 aromatic carbocycles. The fourth-order valence-corrected chi connectivity index (χ4v) is 4.43. The molecule has 0 radical (unpaired) electrons. The van der Waals surface area contributed by atoms with Crippen LogP contribution < -0.4 is 4.74 Å². The van der Waals surface area contributed by atoms with E-state index in [0.717, 1.165) is 41.1 Å². The highest BCUT2D eigenvalue weighted by Crippen LogP contribution is 2.33. The zero-order chi connectivity index (χ0) is 25.5. The summed E-state index contributed by atoms with van der Waals surface area (Å²) in [7, 11) is 8.07. The van der Waals surface area contributed by atoms with Crippen LogP contribution in [0.3, 0.4) is 0 Å². The van der Waals surface area contributed by atoms with Gasteiger partial charge in [-0.15, -0.1) is 0 Å². The predicted octanol–water partition coefficient (Wildman–Crippen LogP) is 6.18. The van der Waals surface area contributed by atoms with Gasteiger partial charge in [-0.2, -0.15) is 0 Å². The standard InChI is InChI=1S/C31H38N2O2/c1-22-18-23(2)31(24(3)19-22)26-13-15-30(35-17-16-32(4)5)25(20-26)12-14-29(34)28-11-9-8-10-27(28)21-33(6)7/h8-15,18-20H,16-17,21H2,1-7H3. The molecule has 4 heteroatoms. The van der Waals surface area contributed by atoms with Crippen LogP contribution >= 0.6 is 0 Å². The minimum absolute atomic E-state index is 0.00482. The number of hydrogen-bond acceptors (Lipinski definition) is 4. The molecule has 0 heterocycles. The van der Waals surface area contributed by atoms with Gasteiger partial charge in [0.2, 0.25) is 0 Å². The number of rotatable bonds is 10. The van der Waals surface area contributed by atoms with Crippen molar-refractivity contribution in [2.75, 3.05) is 41.3 Å². The number of carbonyl (C=O) groups excluding carboxylic acids is 1. The highest BCUT2D eigenvalue weighted by Gasteiger charge is 2.12. The van der Waals surface area contributed by atoms with Crippen LogP contribution in [-0.4, -0.2) is 56.9 Å². The highest BCUT2D eigenvalue weighted by molar-refractivity contribution is 6.08. The van der Waals surface area contributed by atoms with Crippen LogP contribution in [0.5, 0.6) is 5.75 Å². The van der Waals surface area contributed by atoms with Gasteiger partial charge in [-0.3, -0.25) is 4.79 Å². The number of ketones is 1. The summed E-state index contributed by atoms with van der Waals surface area (Å²) in [5.74, 6) is 0.776. The Morgan fingerprint density at radius 3 is 2.23 bits per heavy atom. The van der Waals surface area contributed by atoms with Crippen molar-refractivity contribution >= 4 is 11.9 Å². The Morgan fingerprint density at radius 1 is 0.886 bits per heavy atom. The molecule has 0 saturated carbocycles. The summed E-state index contributed by atoms with van der Waals surface area (Å²) in [6.07, 6.45) is 3.56. The lowest BCUT2D eigenvalue weighted by Crippen LogP contribution is -2.19. The summed E-state index contributed by atoms with van der Waals surface area (Å²) >= 11 is 0. The Balaban J connectivity index is 1.99. The van der Waals surface area contributed by atoms with E-state index in [1.807, 2.05) is 64.6 Å². The van der Waals surface area contributed by atoms with Gasteiger partial charge in [0, 0.05) is 24.2 Å². The van der Waals surface area contributed by atoms with Gasteiger partial charge in [-0.05, 0) is 101 Å². The first-order valence-corrected chi connectivity index (χ1v) is 12.1. The quantitative estimate of drug-likeness (QED) is 0.262. The van der Waals surface area contributed by atoms with E-state index < -0.39 is 0 Å². The average molecular weight is 471 g/mol. The molecule has 3 rings (SSSR count). The third kappa shape index (κ3) is 7.14. The van der Waals surface area contributed by atoms with Crippen LogP contribution in [0.2, 0.25) is 0 Å². The lowest BCUT2D eigenvalue weighted by atomic mass is 9.92. The van der Waals surface area contributed by atoms with Crippen LogP contribution in [0.15, 0.2) is 60.7 Å². The maximum atomic E-state index is 13.2. The number of benzene rings is 3. The maximum Gasteiger partial charge on any atom is 0.186 e. The topological polar surface area (TPSA) is 32.8 Å². The molecular formula is C31H38N2O2. The highest BCUT2D eigenvalue weighted by atomic mass is 16.5. The number of ether oxygens (including phenoxy) is 1. The fraction of sp³-hybridized carbons (Fsp3) is 0.323. The number of carbonyl (C=O) groups is 1. The molecule has 0 aromatic heterocycles. The van der Waals surface area contributed by atoms with E-state index in [-0.39, 0.29) is 5.78 Å². The molecule has 184 valence electrons. The smallest absolute Gasteiger partial charge is 0.186 e. The minimum atomic E-state index is -0.00482. The molecule has 0 amide bonds. The van der Waals surface area contributed by atoms with E-state index >= 15 is 0 Å². The van der Waals surface area contributed by atoms with Gasteiger partial charge < -0.3 is 14.5 Å². The van der Waals surface area contributed by atoms with E-state index in [9.17, 15) is 4.79 Å². The van der Waals surface area contributed by atoms with Crippen LogP contribution in [0.1, 0.15) is 38.2 Å². The van der Waals surface area contributed by atoms with Crippen LogP contribution in [0.4, 0.5) is 0 Å². The predicted molar refractivity (Wildman–Crippen MR) is 147 cm³/mol. The monoisotopic (exact) mass is 470 g/mol. The molecule has 0 unspecified atom stereocenters. The van der Waals surface area contributed by atoms with E-state index in [1.165, 1.54) is 22.3 Å². The molecule has 0 aliphatic carbocycles. The first kappa shape index (κ1) is 26.4. The number of likely N-dealkylation sites (N-methyl/N-ethyl adjacent to an activating group) is 1. The summed E-state index contributed by atoms with van der Waals surface area (Å²) < 4.78 is 6.12. The molecule has 0 atom stereocenters. The Bertz CT molecular complexity index is 1190. The first-order chi connectivity index (χ1) is 16.7. The van der Waals surface area contributed by atoms with Gasteiger partial charge in [0.1, 0.15) is 12.4 Å². The van der Waals surface area contributed by atoms with Crippen LogP contribution in [-0.2, 0) is 6.54 Å². The van der Waals surface area contributed by atoms with E-state index in [4.69, 9.17) is 4.74 Å². The van der Waals surface area contributed by atoms with E-state index in [0.29, 0.717) is 6.61 Å². The Labute approximate surface area is 210 Å². The molecule has 0 aliphatic heterocycles. The molecule has 0 fully saturated rings. The van der Waals surface area contributed by atoms with Crippen molar-refractivity contribution in [1.29, 1.82) is 0 Å².